The fourth-order valence-corrected chi connectivity index (χ4v) is 5.68. The lowest BCUT2D eigenvalue weighted by atomic mass is 10.1. The third kappa shape index (κ3) is 4.84. The zero-order valence-electron chi connectivity index (χ0n) is 19.5. The lowest BCUT2D eigenvalue weighted by Gasteiger charge is -2.36. The molecule has 1 fully saturated rings. The Balaban J connectivity index is 1.41. The molecule has 0 atom stereocenters. The van der Waals surface area contributed by atoms with Gasteiger partial charge in [0.2, 0.25) is 5.91 Å². The van der Waals surface area contributed by atoms with E-state index in [1.807, 2.05) is 24.8 Å². The van der Waals surface area contributed by atoms with E-state index in [9.17, 15) is 17.6 Å². The second-order valence-corrected chi connectivity index (χ2v) is 10.7. The highest BCUT2D eigenvalue weighted by molar-refractivity contribution is 7.91. The first-order valence-corrected chi connectivity index (χ1v) is 12.9. The zero-order valence-corrected chi connectivity index (χ0v) is 20.4. The Morgan fingerprint density at radius 1 is 1.06 bits per heavy atom. The van der Waals surface area contributed by atoms with Gasteiger partial charge >= 0.3 is 0 Å². The van der Waals surface area contributed by atoms with Gasteiger partial charge in [-0.05, 0) is 44.5 Å². The lowest BCUT2D eigenvalue weighted by Crippen LogP contribution is -2.49. The molecule has 3 aromatic rings. The molecule has 1 aliphatic heterocycles. The van der Waals surface area contributed by atoms with Gasteiger partial charge in [0, 0.05) is 43.7 Å². The second kappa shape index (κ2) is 9.58. The molecule has 2 aromatic carbocycles. The summed E-state index contributed by atoms with van der Waals surface area (Å²) < 4.78 is 45.7. The Bertz CT molecular complexity index is 1310. The number of benzene rings is 2. The van der Waals surface area contributed by atoms with Gasteiger partial charge in [-0.1, -0.05) is 29.4 Å². The minimum Gasteiger partial charge on any atom is -0.366 e. The minimum atomic E-state index is -3.69. The van der Waals surface area contributed by atoms with Crippen molar-refractivity contribution in [1.82, 2.24) is 10.1 Å². The topological polar surface area (TPSA) is 83.7 Å². The van der Waals surface area contributed by atoms with E-state index in [1.54, 1.807) is 42.2 Å². The van der Waals surface area contributed by atoms with Crippen LogP contribution in [0.4, 0.5) is 10.1 Å². The van der Waals surface area contributed by atoms with Crippen molar-refractivity contribution in [3.05, 3.63) is 65.1 Å². The third-order valence-electron chi connectivity index (χ3n) is 6.35. The summed E-state index contributed by atoms with van der Waals surface area (Å²) in [4.78, 5) is 16.5. The molecular formula is C25H28FN3O4S. The van der Waals surface area contributed by atoms with Crippen LogP contribution in [0.15, 0.2) is 51.9 Å². The largest absolute Gasteiger partial charge is 0.366 e. The summed E-state index contributed by atoms with van der Waals surface area (Å²) in [7, 11) is -3.69. The number of amides is 1. The monoisotopic (exact) mass is 485 g/mol. The van der Waals surface area contributed by atoms with Crippen molar-refractivity contribution in [2.24, 2.45) is 0 Å². The van der Waals surface area contributed by atoms with E-state index in [2.05, 4.69) is 5.16 Å². The first-order chi connectivity index (χ1) is 16.2. The average Bonchev–Trinajstić information content (AvgIpc) is 3.16. The fourth-order valence-electron chi connectivity index (χ4n) is 4.16. The lowest BCUT2D eigenvalue weighted by molar-refractivity contribution is -0.131. The van der Waals surface area contributed by atoms with Crippen LogP contribution in [0.25, 0.3) is 11.3 Å². The molecular weight excluding hydrogens is 457 g/mol. The SMILES string of the molecule is Cc1ccc(-c2onc(C)c2C)cc1S(=O)(=O)CCC(=O)N1CCN(c2ccccc2F)CC1. The molecule has 0 spiro atoms. The molecule has 7 nitrogen and oxygen atoms in total. The van der Waals surface area contributed by atoms with Crippen LogP contribution in [-0.4, -0.2) is 56.3 Å². The van der Waals surface area contributed by atoms with Gasteiger partial charge in [0.1, 0.15) is 5.82 Å². The molecule has 1 aromatic heterocycles. The molecule has 0 aliphatic carbocycles. The highest BCUT2D eigenvalue weighted by Crippen LogP contribution is 2.29. The fraction of sp³-hybridized carbons (Fsp3) is 0.360. The van der Waals surface area contributed by atoms with Gasteiger partial charge in [0.25, 0.3) is 0 Å². The number of halogens is 1. The highest BCUT2D eigenvalue weighted by atomic mass is 32.2. The number of para-hydroxylation sites is 1. The van der Waals surface area contributed by atoms with E-state index in [1.165, 1.54) is 6.07 Å². The van der Waals surface area contributed by atoms with Gasteiger partial charge in [-0.25, -0.2) is 12.8 Å². The van der Waals surface area contributed by atoms with Gasteiger partial charge in [0.05, 0.1) is 22.0 Å². The molecule has 1 amide bonds. The Morgan fingerprint density at radius 2 is 1.76 bits per heavy atom. The van der Waals surface area contributed by atoms with Crippen LogP contribution in [0.1, 0.15) is 23.2 Å². The van der Waals surface area contributed by atoms with E-state index in [0.29, 0.717) is 48.8 Å². The Kier molecular flexibility index (Phi) is 6.74. The van der Waals surface area contributed by atoms with Crippen molar-refractivity contribution < 1.29 is 22.1 Å². The number of anilines is 1. The number of sulfone groups is 1. The summed E-state index contributed by atoms with van der Waals surface area (Å²) in [5, 5.41) is 3.95. The standard InChI is InChI=1S/C25H28FN3O4S/c1-17-8-9-20(25-18(2)19(3)27-33-25)16-23(17)34(31,32)15-10-24(30)29-13-11-28(12-14-29)22-7-5-4-6-21(22)26/h4-9,16H,10-15H2,1-3H3. The highest BCUT2D eigenvalue weighted by Gasteiger charge is 2.26. The Labute approximate surface area is 199 Å². The maximum Gasteiger partial charge on any atom is 0.223 e. The molecule has 2 heterocycles. The molecule has 180 valence electrons. The Hall–Kier alpha value is -3.20. The first kappa shape index (κ1) is 23.9. The maximum absolute atomic E-state index is 14.0. The van der Waals surface area contributed by atoms with Crippen LogP contribution in [-0.2, 0) is 14.6 Å². The maximum atomic E-state index is 14.0. The van der Waals surface area contributed by atoms with Crippen molar-refractivity contribution in [3.63, 3.8) is 0 Å². The smallest absolute Gasteiger partial charge is 0.223 e. The molecule has 0 saturated carbocycles. The van der Waals surface area contributed by atoms with Crippen molar-refractivity contribution in [3.8, 4) is 11.3 Å². The van der Waals surface area contributed by atoms with Crippen LogP contribution in [0.2, 0.25) is 0 Å². The summed E-state index contributed by atoms with van der Waals surface area (Å²) in [6.45, 7) is 7.28. The second-order valence-electron chi connectivity index (χ2n) is 8.59. The normalized spacial score (nSPS) is 14.5. The predicted molar refractivity (Wildman–Crippen MR) is 128 cm³/mol. The molecule has 1 aliphatic rings. The van der Waals surface area contributed by atoms with Crippen LogP contribution >= 0.6 is 0 Å². The number of hydrogen-bond acceptors (Lipinski definition) is 6. The predicted octanol–water partition coefficient (Wildman–Crippen LogP) is 3.92. The number of carbonyl (C=O) groups is 1. The van der Waals surface area contributed by atoms with E-state index in [4.69, 9.17) is 4.52 Å². The average molecular weight is 486 g/mol. The first-order valence-electron chi connectivity index (χ1n) is 11.2. The number of piperazine rings is 1. The van der Waals surface area contributed by atoms with Crippen molar-refractivity contribution >= 4 is 21.4 Å². The Morgan fingerprint density at radius 3 is 2.41 bits per heavy atom. The van der Waals surface area contributed by atoms with Crippen LogP contribution in [0.5, 0.6) is 0 Å². The number of aryl methyl sites for hydroxylation is 2. The van der Waals surface area contributed by atoms with Crippen LogP contribution < -0.4 is 4.90 Å². The van der Waals surface area contributed by atoms with Crippen LogP contribution in [0.3, 0.4) is 0 Å². The van der Waals surface area contributed by atoms with Gasteiger partial charge in [-0.15, -0.1) is 0 Å². The van der Waals surface area contributed by atoms with Crippen molar-refractivity contribution in [2.45, 2.75) is 32.1 Å². The van der Waals surface area contributed by atoms with Crippen molar-refractivity contribution in [2.75, 3.05) is 36.8 Å². The van der Waals surface area contributed by atoms with Gasteiger partial charge in [-0.3, -0.25) is 4.79 Å². The summed E-state index contributed by atoms with van der Waals surface area (Å²) in [6, 6.07) is 11.7. The van der Waals surface area contributed by atoms with Crippen molar-refractivity contribution in [1.29, 1.82) is 0 Å². The molecule has 4 rings (SSSR count). The summed E-state index contributed by atoms with van der Waals surface area (Å²) in [5.74, 6) is -0.246. The van der Waals surface area contributed by atoms with Gasteiger partial charge in [-0.2, -0.15) is 0 Å². The number of rotatable bonds is 6. The number of nitrogens with zero attached hydrogens (tertiary/aromatic N) is 3. The zero-order chi connectivity index (χ0) is 24.5. The quantitative estimate of drug-likeness (QED) is 0.526. The molecule has 0 bridgehead atoms. The number of carbonyl (C=O) groups excluding carboxylic acids is 1. The van der Waals surface area contributed by atoms with E-state index in [0.717, 1.165) is 11.3 Å². The molecule has 0 radical (unpaired) electrons. The van der Waals surface area contributed by atoms with E-state index >= 15 is 0 Å². The third-order valence-corrected chi connectivity index (χ3v) is 8.20. The molecule has 34 heavy (non-hydrogen) atoms. The van der Waals surface area contributed by atoms with Gasteiger partial charge in [0.15, 0.2) is 15.6 Å². The molecule has 1 saturated heterocycles. The summed E-state index contributed by atoms with van der Waals surface area (Å²) >= 11 is 0. The molecule has 0 N–H and O–H groups in total. The van der Waals surface area contributed by atoms with E-state index < -0.39 is 9.84 Å². The van der Waals surface area contributed by atoms with E-state index in [-0.39, 0.29) is 28.8 Å². The number of hydrogen-bond donors (Lipinski definition) is 0. The summed E-state index contributed by atoms with van der Waals surface area (Å²) in [5.41, 5.74) is 3.38. The molecule has 9 heteroatoms. The minimum absolute atomic E-state index is 0.105. The number of aromatic nitrogens is 1. The molecule has 0 unspecified atom stereocenters. The van der Waals surface area contributed by atoms with Gasteiger partial charge < -0.3 is 14.3 Å². The summed E-state index contributed by atoms with van der Waals surface area (Å²) in [6.07, 6.45) is -0.105. The van der Waals surface area contributed by atoms with Crippen LogP contribution in [0, 0.1) is 26.6 Å².